The lowest BCUT2D eigenvalue weighted by Gasteiger charge is -2.28. The van der Waals surface area contributed by atoms with E-state index in [1.807, 2.05) is 25.1 Å². The Balaban J connectivity index is 1.42. The lowest BCUT2D eigenvalue weighted by molar-refractivity contribution is -0.655. The second-order valence-electron chi connectivity index (χ2n) is 8.33. The number of anilines is 2. The quantitative estimate of drug-likeness (QED) is 0.347. The average molecular weight is 463 g/mol. The maximum Gasteiger partial charge on any atom is 0.255 e. The number of aromatic amines is 2. The lowest BCUT2D eigenvalue weighted by Crippen LogP contribution is -2.89. The van der Waals surface area contributed by atoms with Crippen molar-refractivity contribution in [2.75, 3.05) is 50.6 Å². The number of aromatic nitrogens is 4. The van der Waals surface area contributed by atoms with Gasteiger partial charge in [0.05, 0.1) is 63.3 Å². The molecule has 0 spiro atoms. The third-order valence-corrected chi connectivity index (χ3v) is 6.01. The number of nitrogens with two attached hydrogens (primary N) is 1. The fraction of sp³-hybridized carbons (Fsp3) is 0.292. The number of carbonyl (C=O) groups excluding carboxylic acids is 1. The van der Waals surface area contributed by atoms with E-state index in [4.69, 9.17) is 9.47 Å². The highest BCUT2D eigenvalue weighted by molar-refractivity contribution is 6.06. The van der Waals surface area contributed by atoms with Gasteiger partial charge >= 0.3 is 0 Å². The van der Waals surface area contributed by atoms with Gasteiger partial charge in [0.25, 0.3) is 5.91 Å². The summed E-state index contributed by atoms with van der Waals surface area (Å²) in [5, 5.41) is 12.4. The van der Waals surface area contributed by atoms with Crippen molar-refractivity contribution in [1.82, 2.24) is 20.2 Å². The fourth-order valence-corrected chi connectivity index (χ4v) is 4.30. The predicted octanol–water partition coefficient (Wildman–Crippen LogP) is 1.91. The van der Waals surface area contributed by atoms with Crippen LogP contribution in [-0.4, -0.2) is 66.5 Å². The molecular weight excluding hydrogens is 434 g/mol. The zero-order valence-electron chi connectivity index (χ0n) is 19.4. The third kappa shape index (κ3) is 4.15. The number of imidazole rings is 1. The highest BCUT2D eigenvalue weighted by atomic mass is 16.5. The van der Waals surface area contributed by atoms with Gasteiger partial charge in [0.2, 0.25) is 0 Å². The van der Waals surface area contributed by atoms with Gasteiger partial charge in [-0.3, -0.25) is 9.89 Å². The molecule has 1 amide bonds. The number of nitrogens with one attached hydrogen (secondary N) is 3. The number of rotatable bonds is 6. The standard InChI is InChI=1S/C24H27N7O3/c1-14-8-15(10-16(9-14)31-6-4-25-5-7-31)24(32)29-19-13-26-30-22(19)23-27-17-11-20(33-2)21(34-3)12-18(17)28-23/h8-13,25H,4-7H2,1-3H3,(H,26,30)(H,27,28)(H,29,32)/p+1. The largest absolute Gasteiger partial charge is 0.493 e. The monoisotopic (exact) mass is 462 g/mol. The summed E-state index contributed by atoms with van der Waals surface area (Å²) in [7, 11) is 3.17. The lowest BCUT2D eigenvalue weighted by atomic mass is 10.1. The second-order valence-corrected chi connectivity index (χ2v) is 8.33. The molecule has 5 rings (SSSR count). The first-order valence-corrected chi connectivity index (χ1v) is 11.2. The van der Waals surface area contributed by atoms with Crippen molar-refractivity contribution >= 4 is 28.3 Å². The molecule has 1 aliphatic heterocycles. The van der Waals surface area contributed by atoms with Crippen molar-refractivity contribution in [2.24, 2.45) is 0 Å². The Labute approximate surface area is 196 Å². The van der Waals surface area contributed by atoms with Gasteiger partial charge in [-0.2, -0.15) is 5.10 Å². The maximum absolute atomic E-state index is 13.2. The van der Waals surface area contributed by atoms with Crippen molar-refractivity contribution in [1.29, 1.82) is 0 Å². The summed E-state index contributed by atoms with van der Waals surface area (Å²) in [5.74, 6) is 1.54. The molecule has 10 nitrogen and oxygen atoms in total. The minimum atomic E-state index is -0.198. The van der Waals surface area contributed by atoms with Crippen LogP contribution < -0.4 is 25.0 Å². The average Bonchev–Trinajstić information content (AvgIpc) is 3.49. The molecule has 0 radical (unpaired) electrons. The molecule has 2 aromatic heterocycles. The molecule has 1 saturated heterocycles. The highest BCUT2D eigenvalue weighted by Gasteiger charge is 2.19. The van der Waals surface area contributed by atoms with Crippen LogP contribution >= 0.6 is 0 Å². The first-order valence-electron chi connectivity index (χ1n) is 11.2. The van der Waals surface area contributed by atoms with E-state index in [-0.39, 0.29) is 5.91 Å². The van der Waals surface area contributed by atoms with E-state index in [0.29, 0.717) is 39.8 Å². The van der Waals surface area contributed by atoms with Crippen LogP contribution in [0.25, 0.3) is 22.6 Å². The molecule has 0 unspecified atom stereocenters. The number of hydrogen-bond acceptors (Lipinski definition) is 6. The number of piperazine rings is 1. The van der Waals surface area contributed by atoms with Crippen molar-refractivity contribution in [3.05, 3.63) is 47.7 Å². The molecule has 0 atom stereocenters. The molecule has 3 heterocycles. The summed E-state index contributed by atoms with van der Waals surface area (Å²) >= 11 is 0. The third-order valence-electron chi connectivity index (χ3n) is 6.01. The molecule has 5 N–H and O–H groups in total. The van der Waals surface area contributed by atoms with Crippen LogP contribution in [0.2, 0.25) is 0 Å². The highest BCUT2D eigenvalue weighted by Crippen LogP contribution is 2.33. The van der Waals surface area contributed by atoms with E-state index in [0.717, 1.165) is 42.9 Å². The number of benzene rings is 2. The van der Waals surface area contributed by atoms with Gasteiger partial charge < -0.3 is 30.0 Å². The molecule has 10 heteroatoms. The summed E-state index contributed by atoms with van der Waals surface area (Å²) in [5.41, 5.74) is 5.34. The molecule has 4 aromatic rings. The second kappa shape index (κ2) is 9.06. The predicted molar refractivity (Wildman–Crippen MR) is 130 cm³/mol. The minimum absolute atomic E-state index is 0.198. The van der Waals surface area contributed by atoms with E-state index in [9.17, 15) is 4.79 Å². The van der Waals surface area contributed by atoms with E-state index >= 15 is 0 Å². The zero-order chi connectivity index (χ0) is 23.7. The molecule has 2 aromatic carbocycles. The number of hydrogen-bond donors (Lipinski definition) is 4. The van der Waals surface area contributed by atoms with Gasteiger partial charge in [0, 0.05) is 23.4 Å². The van der Waals surface area contributed by atoms with Crippen LogP contribution in [0.15, 0.2) is 36.5 Å². The molecule has 0 saturated carbocycles. The first kappa shape index (κ1) is 21.8. The van der Waals surface area contributed by atoms with Gasteiger partial charge in [-0.15, -0.1) is 0 Å². The molecule has 0 bridgehead atoms. The number of ether oxygens (including phenoxy) is 2. The van der Waals surface area contributed by atoms with Crippen molar-refractivity contribution in [3.8, 4) is 23.0 Å². The van der Waals surface area contributed by atoms with Gasteiger partial charge in [-0.1, -0.05) is 0 Å². The smallest absolute Gasteiger partial charge is 0.255 e. The van der Waals surface area contributed by atoms with Crippen LogP contribution in [0, 0.1) is 6.92 Å². The van der Waals surface area contributed by atoms with Gasteiger partial charge in [0.15, 0.2) is 17.3 Å². The summed E-state index contributed by atoms with van der Waals surface area (Å²) < 4.78 is 10.7. The topological polar surface area (TPSA) is 125 Å². The van der Waals surface area contributed by atoms with Crippen LogP contribution in [0.1, 0.15) is 15.9 Å². The Morgan fingerprint density at radius 3 is 2.62 bits per heavy atom. The summed E-state index contributed by atoms with van der Waals surface area (Å²) in [6.07, 6.45) is 1.58. The molecule has 1 fully saturated rings. The Morgan fingerprint density at radius 1 is 1.09 bits per heavy atom. The molecule has 176 valence electrons. The SMILES string of the molecule is COc1cc2nc(-c3[nH]ncc3NC(=O)c3cc(C)cc(N4CC[NH2+]CC4)c3)[nH]c2cc1OC. The number of fused-ring (bicyclic) bond motifs is 1. The number of carbonyl (C=O) groups is 1. The van der Waals surface area contributed by atoms with E-state index in [2.05, 4.69) is 41.8 Å². The molecule has 1 aliphatic rings. The van der Waals surface area contributed by atoms with E-state index in [1.54, 1.807) is 26.5 Å². The minimum Gasteiger partial charge on any atom is -0.493 e. The van der Waals surface area contributed by atoms with Crippen LogP contribution in [0.3, 0.4) is 0 Å². The summed E-state index contributed by atoms with van der Waals surface area (Å²) in [6, 6.07) is 9.60. The van der Waals surface area contributed by atoms with Crippen LogP contribution in [0.4, 0.5) is 11.4 Å². The summed E-state index contributed by atoms with van der Waals surface area (Å²) in [6.45, 7) is 6.07. The number of H-pyrrole nitrogens is 2. The molecular formula is C24H28N7O3+. The molecule has 0 aliphatic carbocycles. The van der Waals surface area contributed by atoms with Gasteiger partial charge in [-0.25, -0.2) is 4.98 Å². The maximum atomic E-state index is 13.2. The van der Waals surface area contributed by atoms with Crippen molar-refractivity contribution < 1.29 is 19.6 Å². The number of methoxy groups -OCH3 is 2. The Kier molecular flexibility index (Phi) is 5.81. The number of aryl methyl sites for hydroxylation is 1. The molecule has 34 heavy (non-hydrogen) atoms. The number of quaternary nitrogens is 1. The Morgan fingerprint density at radius 2 is 1.85 bits per heavy atom. The van der Waals surface area contributed by atoms with Crippen molar-refractivity contribution in [3.63, 3.8) is 0 Å². The fourth-order valence-electron chi connectivity index (χ4n) is 4.30. The normalized spacial score (nSPS) is 13.8. The number of nitrogens with zero attached hydrogens (tertiary/aromatic N) is 3. The Bertz CT molecular complexity index is 1300. The first-order chi connectivity index (χ1) is 16.6. The van der Waals surface area contributed by atoms with Crippen LogP contribution in [0.5, 0.6) is 11.5 Å². The van der Waals surface area contributed by atoms with Gasteiger partial charge in [-0.05, 0) is 30.7 Å². The van der Waals surface area contributed by atoms with Gasteiger partial charge in [0.1, 0.15) is 5.69 Å². The van der Waals surface area contributed by atoms with Crippen LogP contribution in [-0.2, 0) is 0 Å². The van der Waals surface area contributed by atoms with E-state index in [1.165, 1.54) is 0 Å². The summed E-state index contributed by atoms with van der Waals surface area (Å²) in [4.78, 5) is 23.4. The zero-order valence-corrected chi connectivity index (χ0v) is 19.4. The van der Waals surface area contributed by atoms with Crippen molar-refractivity contribution in [2.45, 2.75) is 6.92 Å². The number of amides is 1. The Hall–Kier alpha value is -4.05. The van der Waals surface area contributed by atoms with E-state index < -0.39 is 0 Å².